The van der Waals surface area contributed by atoms with Crippen molar-refractivity contribution in [2.75, 3.05) is 24.4 Å². The summed E-state index contributed by atoms with van der Waals surface area (Å²) in [7, 11) is 1.46. The zero-order valence-electron chi connectivity index (χ0n) is 18.2. The maximum absolute atomic E-state index is 13.2. The van der Waals surface area contributed by atoms with E-state index in [1.54, 1.807) is 35.1 Å². The number of nitrogens with one attached hydrogen (secondary N) is 2. The fourth-order valence-corrected chi connectivity index (χ4v) is 3.41. The summed E-state index contributed by atoms with van der Waals surface area (Å²) in [5.41, 5.74) is 4.29. The molecule has 0 bridgehead atoms. The molecule has 1 heterocycles. The van der Waals surface area contributed by atoms with Crippen LogP contribution in [0.4, 0.5) is 11.4 Å². The summed E-state index contributed by atoms with van der Waals surface area (Å²) in [6, 6.07) is 26.5. The summed E-state index contributed by atoms with van der Waals surface area (Å²) in [6.07, 6.45) is 1.77. The molecule has 0 aliphatic rings. The summed E-state index contributed by atoms with van der Waals surface area (Å²) in [5.74, 6) is -0.503. The lowest BCUT2D eigenvalue weighted by Crippen LogP contribution is -2.17. The second-order valence-electron chi connectivity index (χ2n) is 7.45. The van der Waals surface area contributed by atoms with E-state index in [1.807, 2.05) is 60.7 Å². The average Bonchev–Trinajstić information content (AvgIpc) is 3.26. The van der Waals surface area contributed by atoms with Crippen molar-refractivity contribution in [2.24, 2.45) is 0 Å². The summed E-state index contributed by atoms with van der Waals surface area (Å²) >= 11 is 0. The Labute approximate surface area is 192 Å². The number of anilines is 2. The maximum Gasteiger partial charge on any atom is 0.259 e. The number of benzene rings is 3. The van der Waals surface area contributed by atoms with Gasteiger partial charge in [0.2, 0.25) is 5.91 Å². The third kappa shape index (κ3) is 5.72. The van der Waals surface area contributed by atoms with Crippen molar-refractivity contribution in [3.8, 4) is 11.3 Å². The Bertz CT molecular complexity index is 1220. The van der Waals surface area contributed by atoms with Gasteiger partial charge < -0.3 is 15.4 Å². The molecule has 0 radical (unpaired) electrons. The van der Waals surface area contributed by atoms with Gasteiger partial charge in [-0.2, -0.15) is 5.10 Å². The number of amides is 2. The molecule has 0 saturated heterocycles. The minimum absolute atomic E-state index is 0.0201. The normalized spacial score (nSPS) is 10.6. The molecule has 0 spiro atoms. The van der Waals surface area contributed by atoms with Crippen molar-refractivity contribution in [1.82, 2.24) is 9.78 Å². The van der Waals surface area contributed by atoms with Crippen LogP contribution in [-0.2, 0) is 16.1 Å². The topological polar surface area (TPSA) is 85.3 Å². The van der Waals surface area contributed by atoms with E-state index < -0.39 is 0 Å². The van der Waals surface area contributed by atoms with Gasteiger partial charge in [-0.1, -0.05) is 60.7 Å². The minimum atomic E-state index is -0.260. The van der Waals surface area contributed by atoms with E-state index in [-0.39, 0.29) is 18.4 Å². The molecule has 3 aromatic carbocycles. The molecule has 33 heavy (non-hydrogen) atoms. The zero-order chi connectivity index (χ0) is 23.0. The Morgan fingerprint density at radius 1 is 0.848 bits per heavy atom. The van der Waals surface area contributed by atoms with Gasteiger partial charge in [-0.25, -0.2) is 0 Å². The second kappa shape index (κ2) is 10.4. The Balaban J connectivity index is 1.55. The van der Waals surface area contributed by atoms with Crippen molar-refractivity contribution in [3.05, 3.63) is 102 Å². The molecule has 2 amide bonds. The van der Waals surface area contributed by atoms with Gasteiger partial charge in [-0.3, -0.25) is 14.3 Å². The highest BCUT2D eigenvalue weighted by atomic mass is 16.5. The molecule has 0 fully saturated rings. The monoisotopic (exact) mass is 440 g/mol. The first-order chi connectivity index (χ1) is 16.1. The third-order valence-electron chi connectivity index (χ3n) is 4.94. The van der Waals surface area contributed by atoms with E-state index in [9.17, 15) is 9.59 Å². The first-order valence-corrected chi connectivity index (χ1v) is 10.5. The quantitative estimate of drug-likeness (QED) is 0.424. The molecule has 4 rings (SSSR count). The lowest BCUT2D eigenvalue weighted by atomic mass is 10.1. The number of methoxy groups -OCH3 is 1. The van der Waals surface area contributed by atoms with Gasteiger partial charge in [0, 0.05) is 30.2 Å². The molecule has 166 valence electrons. The zero-order valence-corrected chi connectivity index (χ0v) is 18.2. The molecule has 4 aromatic rings. The van der Waals surface area contributed by atoms with Crippen LogP contribution < -0.4 is 10.6 Å². The molecule has 1 aromatic heterocycles. The highest BCUT2D eigenvalue weighted by molar-refractivity contribution is 6.08. The van der Waals surface area contributed by atoms with E-state index in [4.69, 9.17) is 9.84 Å². The first-order valence-electron chi connectivity index (χ1n) is 10.5. The number of carbonyl (C=O) groups is 2. The van der Waals surface area contributed by atoms with Crippen LogP contribution in [0.3, 0.4) is 0 Å². The van der Waals surface area contributed by atoms with Gasteiger partial charge in [-0.05, 0) is 29.8 Å². The molecule has 0 unspecified atom stereocenters. The van der Waals surface area contributed by atoms with Crippen LogP contribution in [0.15, 0.2) is 91.1 Å². The third-order valence-corrected chi connectivity index (χ3v) is 4.94. The second-order valence-corrected chi connectivity index (χ2v) is 7.45. The maximum atomic E-state index is 13.2. The van der Waals surface area contributed by atoms with E-state index in [0.717, 1.165) is 11.1 Å². The molecule has 7 nitrogen and oxygen atoms in total. The molecule has 2 N–H and O–H groups in total. The predicted molar refractivity (Wildman–Crippen MR) is 128 cm³/mol. The van der Waals surface area contributed by atoms with E-state index >= 15 is 0 Å². The van der Waals surface area contributed by atoms with Crippen LogP contribution in [0.2, 0.25) is 0 Å². The summed E-state index contributed by atoms with van der Waals surface area (Å²) in [6.45, 7) is 0.539. The fraction of sp³-hybridized carbons (Fsp3) is 0.115. The van der Waals surface area contributed by atoms with E-state index in [2.05, 4.69) is 10.6 Å². The van der Waals surface area contributed by atoms with Gasteiger partial charge >= 0.3 is 0 Å². The number of nitrogens with zero attached hydrogens (tertiary/aromatic N) is 2. The van der Waals surface area contributed by atoms with Gasteiger partial charge in [0.1, 0.15) is 12.3 Å². The van der Waals surface area contributed by atoms with Crippen LogP contribution in [-0.4, -0.2) is 35.3 Å². The molecular formula is C26H24N4O3. The van der Waals surface area contributed by atoms with Crippen LogP contribution in [0.5, 0.6) is 0 Å². The Morgan fingerprint density at radius 2 is 1.45 bits per heavy atom. The number of rotatable bonds is 8. The summed E-state index contributed by atoms with van der Waals surface area (Å²) < 4.78 is 6.59. The molecular weight excluding hydrogens is 416 g/mol. The number of ether oxygens (including phenoxy) is 1. The molecule has 0 atom stereocenters. The summed E-state index contributed by atoms with van der Waals surface area (Å²) in [5, 5.41) is 10.3. The Hall–Kier alpha value is -4.23. The van der Waals surface area contributed by atoms with Gasteiger partial charge in [0.15, 0.2) is 0 Å². The van der Waals surface area contributed by atoms with Crippen molar-refractivity contribution in [3.63, 3.8) is 0 Å². The first kappa shape index (κ1) is 22.0. The number of hydrogen-bond acceptors (Lipinski definition) is 4. The van der Waals surface area contributed by atoms with Crippen molar-refractivity contribution >= 4 is 23.2 Å². The van der Waals surface area contributed by atoms with Crippen LogP contribution in [0.25, 0.3) is 11.3 Å². The van der Waals surface area contributed by atoms with E-state index in [1.165, 1.54) is 7.11 Å². The highest BCUT2D eigenvalue weighted by Crippen LogP contribution is 2.24. The van der Waals surface area contributed by atoms with Gasteiger partial charge in [0.25, 0.3) is 5.91 Å². The number of hydrogen-bond donors (Lipinski definition) is 2. The van der Waals surface area contributed by atoms with Crippen molar-refractivity contribution in [1.29, 1.82) is 0 Å². The molecule has 0 aliphatic heterocycles. The standard InChI is InChI=1S/C26H24N4O3/c1-33-18-24(31)27-21-12-14-22(15-13-21)28-26(32)23-17-30(16-19-8-4-2-5-9-19)29-25(23)20-10-6-3-7-11-20/h2-15,17H,16,18H2,1H3,(H,27,31)(H,28,32). The minimum Gasteiger partial charge on any atom is -0.375 e. The van der Waals surface area contributed by atoms with Crippen LogP contribution >= 0.6 is 0 Å². The lowest BCUT2D eigenvalue weighted by Gasteiger charge is -2.08. The lowest BCUT2D eigenvalue weighted by molar-refractivity contribution is -0.119. The number of carbonyl (C=O) groups excluding carboxylic acids is 2. The summed E-state index contributed by atoms with van der Waals surface area (Å²) in [4.78, 5) is 24.8. The molecule has 0 saturated carbocycles. The van der Waals surface area contributed by atoms with Crippen LogP contribution in [0.1, 0.15) is 15.9 Å². The molecule has 0 aliphatic carbocycles. The average molecular weight is 441 g/mol. The largest absolute Gasteiger partial charge is 0.375 e. The number of aromatic nitrogens is 2. The Morgan fingerprint density at radius 3 is 2.09 bits per heavy atom. The van der Waals surface area contributed by atoms with Gasteiger partial charge in [-0.15, -0.1) is 0 Å². The predicted octanol–water partition coefficient (Wildman–Crippen LogP) is 4.44. The van der Waals surface area contributed by atoms with Gasteiger partial charge in [0.05, 0.1) is 12.1 Å². The molecule has 7 heteroatoms. The SMILES string of the molecule is COCC(=O)Nc1ccc(NC(=O)c2cn(Cc3ccccc3)nc2-c2ccccc2)cc1. The smallest absolute Gasteiger partial charge is 0.259 e. The highest BCUT2D eigenvalue weighted by Gasteiger charge is 2.18. The van der Waals surface area contributed by atoms with Crippen molar-refractivity contribution < 1.29 is 14.3 Å². The van der Waals surface area contributed by atoms with E-state index in [0.29, 0.717) is 29.2 Å². The fourth-order valence-electron chi connectivity index (χ4n) is 3.41. The van der Waals surface area contributed by atoms with Crippen LogP contribution in [0, 0.1) is 0 Å². The Kier molecular flexibility index (Phi) is 6.92. The van der Waals surface area contributed by atoms with Crippen molar-refractivity contribution in [2.45, 2.75) is 6.54 Å².